The fourth-order valence-corrected chi connectivity index (χ4v) is 0.516. The van der Waals surface area contributed by atoms with Crippen LogP contribution in [-0.4, -0.2) is 23.9 Å². The average Bonchev–Trinajstić information content (AvgIpc) is 1.62. The first-order chi connectivity index (χ1) is 4.19. The molecule has 0 saturated heterocycles. The Morgan fingerprint density at radius 2 is 1.70 bits per heavy atom. The van der Waals surface area contributed by atoms with Crippen molar-refractivity contribution in [1.82, 2.24) is 0 Å². The van der Waals surface area contributed by atoms with Crippen LogP contribution in [0.25, 0.3) is 0 Å². The summed E-state index contributed by atoms with van der Waals surface area (Å²) >= 11 is 0. The van der Waals surface area contributed by atoms with Crippen LogP contribution in [-0.2, 0) is 10.1 Å². The summed E-state index contributed by atoms with van der Waals surface area (Å²) in [6, 6.07) is 0. The monoisotopic (exact) mass is 168 g/mol. The van der Waals surface area contributed by atoms with E-state index in [1.807, 2.05) is 0 Å². The lowest BCUT2D eigenvalue weighted by atomic mass is 10.1. The summed E-state index contributed by atoms with van der Waals surface area (Å²) in [4.78, 5) is 0. The molecular formula is C4H12N2O3S. The highest BCUT2D eigenvalue weighted by atomic mass is 32.2. The lowest BCUT2D eigenvalue weighted by Crippen LogP contribution is -2.54. The van der Waals surface area contributed by atoms with E-state index in [1.165, 1.54) is 13.8 Å². The molecule has 0 unspecified atom stereocenters. The highest BCUT2D eigenvalue weighted by Gasteiger charge is 2.36. The van der Waals surface area contributed by atoms with Gasteiger partial charge in [-0.05, 0) is 13.8 Å². The van der Waals surface area contributed by atoms with Gasteiger partial charge in [0, 0.05) is 0 Å². The van der Waals surface area contributed by atoms with Crippen molar-refractivity contribution in [3.8, 4) is 0 Å². The second-order valence-electron chi connectivity index (χ2n) is 2.60. The predicted octanol–water partition coefficient (Wildman–Crippen LogP) is -1.10. The van der Waals surface area contributed by atoms with Crippen LogP contribution in [0, 0.1) is 0 Å². The Morgan fingerprint density at radius 3 is 1.70 bits per heavy atom. The molecule has 0 aliphatic heterocycles. The molecular weight excluding hydrogens is 156 g/mol. The Morgan fingerprint density at radius 1 is 1.40 bits per heavy atom. The average molecular weight is 168 g/mol. The molecule has 10 heavy (non-hydrogen) atoms. The molecule has 5 N–H and O–H groups in total. The number of hydrogen-bond donors (Lipinski definition) is 3. The molecule has 0 aromatic rings. The lowest BCUT2D eigenvalue weighted by molar-refractivity contribution is 0.413. The minimum Gasteiger partial charge on any atom is -0.315 e. The van der Waals surface area contributed by atoms with Gasteiger partial charge in [0.25, 0.3) is 10.1 Å². The van der Waals surface area contributed by atoms with Crippen molar-refractivity contribution in [1.29, 1.82) is 0 Å². The van der Waals surface area contributed by atoms with Crippen LogP contribution < -0.4 is 11.5 Å². The molecule has 0 aromatic heterocycles. The maximum atomic E-state index is 10.5. The molecule has 0 aromatic carbocycles. The summed E-state index contributed by atoms with van der Waals surface area (Å²) in [7, 11) is -4.15. The fraction of sp³-hybridized carbons (Fsp3) is 1.00. The number of hydrogen-bond acceptors (Lipinski definition) is 4. The van der Waals surface area contributed by atoms with Crippen molar-refractivity contribution < 1.29 is 13.0 Å². The molecule has 0 amide bonds. The van der Waals surface area contributed by atoms with E-state index in [0.717, 1.165) is 0 Å². The van der Waals surface area contributed by atoms with Gasteiger partial charge in [0.1, 0.15) is 4.75 Å². The molecule has 5 nitrogen and oxygen atoms in total. The maximum Gasteiger partial charge on any atom is 0.272 e. The third kappa shape index (κ3) is 1.66. The fourth-order valence-electron chi connectivity index (χ4n) is 0.172. The van der Waals surface area contributed by atoms with E-state index in [-0.39, 0.29) is 0 Å². The molecule has 0 aliphatic carbocycles. The van der Waals surface area contributed by atoms with E-state index >= 15 is 0 Å². The van der Waals surface area contributed by atoms with Gasteiger partial charge in [0.2, 0.25) is 0 Å². The zero-order valence-electron chi connectivity index (χ0n) is 5.90. The summed E-state index contributed by atoms with van der Waals surface area (Å²) in [5.41, 5.74) is 10.2. The zero-order chi connectivity index (χ0) is 8.58. The van der Waals surface area contributed by atoms with Crippen molar-refractivity contribution in [3.05, 3.63) is 0 Å². The zero-order valence-corrected chi connectivity index (χ0v) is 6.72. The summed E-state index contributed by atoms with van der Waals surface area (Å²) in [5, 5.41) is 0. The summed E-state index contributed by atoms with van der Waals surface area (Å²) in [6.07, 6.45) is -1.08. The van der Waals surface area contributed by atoms with Gasteiger partial charge in [-0.25, -0.2) is 0 Å². The molecule has 0 heterocycles. The third-order valence-corrected chi connectivity index (χ3v) is 3.07. The molecule has 0 bridgehead atoms. The number of rotatable bonds is 2. The van der Waals surface area contributed by atoms with Crippen molar-refractivity contribution in [2.45, 2.75) is 24.8 Å². The Balaban J connectivity index is 4.76. The van der Waals surface area contributed by atoms with Crippen LogP contribution in [0.5, 0.6) is 0 Å². The van der Waals surface area contributed by atoms with Crippen LogP contribution in [0.3, 0.4) is 0 Å². The van der Waals surface area contributed by atoms with Gasteiger partial charge in [-0.15, -0.1) is 0 Å². The Hall–Kier alpha value is -0.170. The first-order valence-corrected chi connectivity index (χ1v) is 4.12. The SMILES string of the molecule is CC(C)(C(N)N)S(=O)(=O)O. The van der Waals surface area contributed by atoms with E-state index in [9.17, 15) is 8.42 Å². The van der Waals surface area contributed by atoms with Gasteiger partial charge in [-0.2, -0.15) is 8.42 Å². The predicted molar refractivity (Wildman–Crippen MR) is 37.8 cm³/mol. The molecule has 0 rings (SSSR count). The van der Waals surface area contributed by atoms with Crippen LogP contribution in [0.1, 0.15) is 13.8 Å². The quantitative estimate of drug-likeness (QED) is 0.358. The van der Waals surface area contributed by atoms with Crippen LogP contribution in [0.2, 0.25) is 0 Å². The minimum atomic E-state index is -4.15. The standard InChI is InChI=1S/C4H12N2O3S/c1-4(2,3(5)6)10(7,8)9/h3H,5-6H2,1-2H3,(H,7,8,9). The molecule has 6 heteroatoms. The molecule has 0 aliphatic rings. The molecule has 0 radical (unpaired) electrons. The Bertz CT molecular complexity index is 207. The van der Waals surface area contributed by atoms with Gasteiger partial charge < -0.3 is 11.5 Å². The maximum absolute atomic E-state index is 10.5. The second-order valence-corrected chi connectivity index (χ2v) is 4.61. The van der Waals surface area contributed by atoms with Gasteiger partial charge >= 0.3 is 0 Å². The van der Waals surface area contributed by atoms with Crippen LogP contribution in [0.15, 0.2) is 0 Å². The first kappa shape index (κ1) is 9.83. The highest BCUT2D eigenvalue weighted by Crippen LogP contribution is 2.14. The Kier molecular flexibility index (Phi) is 2.42. The summed E-state index contributed by atoms with van der Waals surface area (Å²) in [6.45, 7) is 2.51. The van der Waals surface area contributed by atoms with E-state index in [1.54, 1.807) is 0 Å². The van der Waals surface area contributed by atoms with Gasteiger partial charge in [0.05, 0.1) is 6.17 Å². The normalized spacial score (nSPS) is 14.2. The van der Waals surface area contributed by atoms with Crippen molar-refractivity contribution in [2.24, 2.45) is 11.5 Å². The molecule has 0 spiro atoms. The van der Waals surface area contributed by atoms with Gasteiger partial charge in [-0.3, -0.25) is 4.55 Å². The van der Waals surface area contributed by atoms with E-state index in [4.69, 9.17) is 16.0 Å². The first-order valence-electron chi connectivity index (χ1n) is 2.68. The minimum absolute atomic E-state index is 1.08. The molecule has 0 saturated carbocycles. The van der Waals surface area contributed by atoms with E-state index in [0.29, 0.717) is 0 Å². The summed E-state index contributed by atoms with van der Waals surface area (Å²) in [5.74, 6) is 0. The van der Waals surface area contributed by atoms with Crippen LogP contribution >= 0.6 is 0 Å². The topological polar surface area (TPSA) is 106 Å². The third-order valence-electron chi connectivity index (χ3n) is 1.47. The van der Waals surface area contributed by atoms with E-state index in [2.05, 4.69) is 0 Å². The largest absolute Gasteiger partial charge is 0.315 e. The highest BCUT2D eigenvalue weighted by molar-refractivity contribution is 7.87. The van der Waals surface area contributed by atoms with Crippen molar-refractivity contribution >= 4 is 10.1 Å². The van der Waals surface area contributed by atoms with E-state index < -0.39 is 21.0 Å². The second kappa shape index (κ2) is 2.46. The van der Waals surface area contributed by atoms with Crippen molar-refractivity contribution in [2.75, 3.05) is 0 Å². The van der Waals surface area contributed by atoms with Gasteiger partial charge in [-0.1, -0.05) is 0 Å². The molecule has 62 valence electrons. The molecule has 0 atom stereocenters. The van der Waals surface area contributed by atoms with Crippen molar-refractivity contribution in [3.63, 3.8) is 0 Å². The number of nitrogens with two attached hydrogens (primary N) is 2. The lowest BCUT2D eigenvalue weighted by Gasteiger charge is -2.24. The summed E-state index contributed by atoms with van der Waals surface area (Å²) < 4.78 is 28.0. The van der Waals surface area contributed by atoms with Gasteiger partial charge in [0.15, 0.2) is 0 Å². The Labute approximate surface area is 60.1 Å². The molecule has 0 fully saturated rings. The smallest absolute Gasteiger partial charge is 0.272 e. The van der Waals surface area contributed by atoms with Crippen LogP contribution in [0.4, 0.5) is 0 Å².